The summed E-state index contributed by atoms with van der Waals surface area (Å²) in [4.78, 5) is -0.578. The topological polar surface area (TPSA) is 101 Å². The summed E-state index contributed by atoms with van der Waals surface area (Å²) in [7, 11) is -4.14. The summed E-state index contributed by atoms with van der Waals surface area (Å²) >= 11 is 0. The molecular weight excluding hydrogens is 295 g/mol. The molecule has 21 heavy (non-hydrogen) atoms. The van der Waals surface area contributed by atoms with Crippen LogP contribution in [0.1, 0.15) is 26.5 Å². The number of hydrogen-bond acceptors (Lipinski definition) is 4. The number of rotatable bonds is 3. The molecule has 8 heteroatoms. The van der Waals surface area contributed by atoms with Gasteiger partial charge in [-0.2, -0.15) is 5.10 Å². The smallest absolute Gasteiger partial charge is 0.268 e. The highest BCUT2D eigenvalue weighted by molar-refractivity contribution is 7.92. The van der Waals surface area contributed by atoms with Crippen molar-refractivity contribution in [2.75, 3.05) is 10.5 Å². The lowest BCUT2D eigenvalue weighted by Gasteiger charge is -2.14. The number of nitrogens with one attached hydrogen (secondary N) is 2. The molecule has 1 aromatic carbocycles. The third-order valence-corrected chi connectivity index (χ3v) is 4.34. The Labute approximate surface area is 122 Å². The Morgan fingerprint density at radius 3 is 2.52 bits per heavy atom. The van der Waals surface area contributed by atoms with E-state index in [2.05, 4.69) is 14.9 Å². The number of halogens is 1. The number of aromatic amines is 1. The van der Waals surface area contributed by atoms with Crippen molar-refractivity contribution in [3.05, 3.63) is 35.8 Å². The second kappa shape index (κ2) is 5.03. The van der Waals surface area contributed by atoms with Crippen molar-refractivity contribution in [3.63, 3.8) is 0 Å². The van der Waals surface area contributed by atoms with Gasteiger partial charge in [-0.15, -0.1) is 0 Å². The molecule has 0 saturated heterocycles. The number of sulfonamides is 1. The molecule has 0 saturated carbocycles. The van der Waals surface area contributed by atoms with Gasteiger partial charge in [0.1, 0.15) is 10.7 Å². The maximum atomic E-state index is 13.7. The Bertz CT molecular complexity index is 742. The lowest BCUT2D eigenvalue weighted by atomic mass is 9.92. The Morgan fingerprint density at radius 1 is 1.33 bits per heavy atom. The highest BCUT2D eigenvalue weighted by Crippen LogP contribution is 2.26. The third kappa shape index (κ3) is 3.15. The van der Waals surface area contributed by atoms with Gasteiger partial charge >= 0.3 is 0 Å². The monoisotopic (exact) mass is 312 g/mol. The molecule has 0 aliphatic carbocycles. The highest BCUT2D eigenvalue weighted by Gasteiger charge is 2.24. The maximum Gasteiger partial charge on any atom is 0.268 e. The van der Waals surface area contributed by atoms with E-state index in [0.717, 1.165) is 11.8 Å². The number of nitrogens with zero attached hydrogens (tertiary/aromatic N) is 1. The first-order chi connectivity index (χ1) is 9.61. The van der Waals surface area contributed by atoms with Gasteiger partial charge in [-0.3, -0.25) is 9.82 Å². The van der Waals surface area contributed by atoms with E-state index >= 15 is 0 Å². The van der Waals surface area contributed by atoms with Crippen molar-refractivity contribution in [3.8, 4) is 0 Å². The number of nitrogen functional groups attached to an aromatic ring is 1. The first-order valence-electron chi connectivity index (χ1n) is 6.24. The molecule has 0 bridgehead atoms. The predicted octanol–water partition coefficient (Wildman–Crippen LogP) is 2.23. The summed E-state index contributed by atoms with van der Waals surface area (Å²) in [5.41, 5.74) is 5.93. The summed E-state index contributed by atoms with van der Waals surface area (Å²) < 4.78 is 40.4. The molecule has 2 rings (SSSR count). The zero-order valence-corrected chi connectivity index (χ0v) is 12.8. The first kappa shape index (κ1) is 15.3. The van der Waals surface area contributed by atoms with Gasteiger partial charge < -0.3 is 5.73 Å². The molecule has 1 aromatic heterocycles. The Balaban J connectivity index is 2.36. The van der Waals surface area contributed by atoms with E-state index in [9.17, 15) is 12.8 Å². The third-order valence-electron chi connectivity index (χ3n) is 2.89. The van der Waals surface area contributed by atoms with Crippen LogP contribution in [0, 0.1) is 5.82 Å². The lowest BCUT2D eigenvalue weighted by Crippen LogP contribution is -2.16. The predicted molar refractivity (Wildman–Crippen MR) is 78.9 cm³/mol. The van der Waals surface area contributed by atoms with Gasteiger partial charge in [0.2, 0.25) is 0 Å². The maximum absolute atomic E-state index is 13.7. The highest BCUT2D eigenvalue weighted by atomic mass is 32.2. The molecule has 1 heterocycles. The van der Waals surface area contributed by atoms with Gasteiger partial charge in [-0.25, -0.2) is 12.8 Å². The molecule has 0 fully saturated rings. The van der Waals surface area contributed by atoms with Crippen LogP contribution in [-0.4, -0.2) is 18.6 Å². The molecule has 6 nitrogen and oxygen atoms in total. The average molecular weight is 312 g/mol. The Hall–Kier alpha value is -2.09. The van der Waals surface area contributed by atoms with E-state index in [0.29, 0.717) is 0 Å². The number of hydrogen-bond donors (Lipinski definition) is 3. The van der Waals surface area contributed by atoms with Crippen molar-refractivity contribution >= 4 is 21.5 Å². The van der Waals surface area contributed by atoms with Crippen LogP contribution in [0.25, 0.3) is 0 Å². The number of aromatic nitrogens is 2. The van der Waals surface area contributed by atoms with Crippen LogP contribution in [0.2, 0.25) is 0 Å². The van der Waals surface area contributed by atoms with Crippen LogP contribution < -0.4 is 10.5 Å². The molecule has 0 aliphatic heterocycles. The standard InChI is InChI=1S/C13H17FN4O2S/c1-13(2,3)10-7-11(17-16-10)18-21(19,20)12-8(14)5-4-6-9(12)15/h4-7H,15H2,1-3H3,(H2,16,17,18). The quantitative estimate of drug-likeness (QED) is 0.756. The van der Waals surface area contributed by atoms with Crippen LogP contribution in [-0.2, 0) is 15.4 Å². The van der Waals surface area contributed by atoms with Crippen LogP contribution in [0.5, 0.6) is 0 Å². The van der Waals surface area contributed by atoms with Gasteiger partial charge in [0.05, 0.1) is 5.69 Å². The van der Waals surface area contributed by atoms with E-state index in [4.69, 9.17) is 5.73 Å². The van der Waals surface area contributed by atoms with Crippen molar-refractivity contribution in [1.29, 1.82) is 0 Å². The number of nitrogens with two attached hydrogens (primary N) is 1. The number of H-pyrrole nitrogens is 1. The van der Waals surface area contributed by atoms with Crippen LogP contribution in [0.15, 0.2) is 29.2 Å². The van der Waals surface area contributed by atoms with Crippen molar-refractivity contribution in [2.45, 2.75) is 31.1 Å². The minimum absolute atomic E-state index is 0.0857. The average Bonchev–Trinajstić information content (AvgIpc) is 2.75. The Morgan fingerprint density at radius 2 is 2.00 bits per heavy atom. The minimum Gasteiger partial charge on any atom is -0.398 e. The summed E-state index contributed by atoms with van der Waals surface area (Å²) in [6.07, 6.45) is 0. The molecule has 0 amide bonds. The summed E-state index contributed by atoms with van der Waals surface area (Å²) in [5, 5.41) is 6.62. The van der Waals surface area contributed by atoms with Gasteiger partial charge in [0.25, 0.3) is 10.0 Å². The minimum atomic E-state index is -4.14. The molecule has 0 radical (unpaired) electrons. The van der Waals surface area contributed by atoms with Gasteiger partial charge in [-0.1, -0.05) is 26.8 Å². The van der Waals surface area contributed by atoms with Crippen molar-refractivity contribution in [2.24, 2.45) is 0 Å². The fourth-order valence-corrected chi connectivity index (χ4v) is 2.94. The van der Waals surface area contributed by atoms with E-state index in [1.165, 1.54) is 12.1 Å². The normalized spacial score (nSPS) is 12.4. The van der Waals surface area contributed by atoms with Gasteiger partial charge in [-0.05, 0) is 12.1 Å². The molecule has 4 N–H and O–H groups in total. The number of anilines is 2. The molecule has 0 aliphatic rings. The van der Waals surface area contributed by atoms with Crippen molar-refractivity contribution in [1.82, 2.24) is 10.2 Å². The fourth-order valence-electron chi connectivity index (χ4n) is 1.76. The molecule has 0 atom stereocenters. The largest absolute Gasteiger partial charge is 0.398 e. The molecule has 114 valence electrons. The second-order valence-electron chi connectivity index (χ2n) is 5.68. The van der Waals surface area contributed by atoms with Gasteiger partial charge in [0.15, 0.2) is 5.82 Å². The zero-order chi connectivity index (χ0) is 15.8. The molecular formula is C13H17FN4O2S. The summed E-state index contributed by atoms with van der Waals surface area (Å²) in [5.74, 6) is -0.823. The lowest BCUT2D eigenvalue weighted by molar-refractivity contribution is 0.567. The van der Waals surface area contributed by atoms with Crippen molar-refractivity contribution < 1.29 is 12.8 Å². The van der Waals surface area contributed by atoms with Crippen LogP contribution in [0.4, 0.5) is 15.9 Å². The van der Waals surface area contributed by atoms with Crippen LogP contribution in [0.3, 0.4) is 0 Å². The number of benzene rings is 1. The second-order valence-corrected chi connectivity index (χ2v) is 7.30. The molecule has 2 aromatic rings. The fraction of sp³-hybridized carbons (Fsp3) is 0.308. The van der Waals surface area contributed by atoms with E-state index in [1.54, 1.807) is 6.07 Å². The van der Waals surface area contributed by atoms with Crippen LogP contribution >= 0.6 is 0 Å². The van der Waals surface area contributed by atoms with Gasteiger partial charge in [0, 0.05) is 17.2 Å². The molecule has 0 unspecified atom stereocenters. The van der Waals surface area contributed by atoms with E-state index in [1.807, 2.05) is 20.8 Å². The molecule has 0 spiro atoms. The summed E-state index contributed by atoms with van der Waals surface area (Å²) in [6.45, 7) is 5.86. The van der Waals surface area contributed by atoms with E-state index in [-0.39, 0.29) is 16.9 Å². The summed E-state index contributed by atoms with van der Waals surface area (Å²) in [6, 6.07) is 5.27. The first-order valence-corrected chi connectivity index (χ1v) is 7.72. The Kier molecular flexibility index (Phi) is 3.66. The van der Waals surface area contributed by atoms with E-state index < -0.39 is 20.7 Å². The SMILES string of the molecule is CC(C)(C)c1cc(NS(=O)(=O)c2c(N)cccc2F)n[nH]1. The zero-order valence-electron chi connectivity index (χ0n) is 11.9.